The second-order valence-electron chi connectivity index (χ2n) is 5.47. The van der Waals surface area contributed by atoms with Gasteiger partial charge < -0.3 is 10.5 Å². The van der Waals surface area contributed by atoms with Gasteiger partial charge >= 0.3 is 0 Å². The van der Waals surface area contributed by atoms with Crippen LogP contribution in [0.4, 0.5) is 4.39 Å². The minimum absolute atomic E-state index is 0.134. The molecule has 1 aliphatic carbocycles. The van der Waals surface area contributed by atoms with Crippen LogP contribution in [0.25, 0.3) is 0 Å². The Morgan fingerprint density at radius 1 is 1.25 bits per heavy atom. The van der Waals surface area contributed by atoms with Crippen LogP contribution in [0.15, 0.2) is 17.0 Å². The molecule has 0 bridgehead atoms. The second-order valence-corrected chi connectivity index (χ2v) is 7.46. The molecule has 0 saturated heterocycles. The lowest BCUT2D eigenvalue weighted by Gasteiger charge is -2.35. The van der Waals surface area contributed by atoms with Gasteiger partial charge in [0.05, 0.1) is 7.11 Å². The van der Waals surface area contributed by atoms with E-state index in [0.717, 1.165) is 31.6 Å². The summed E-state index contributed by atoms with van der Waals surface area (Å²) < 4.78 is 42.7. The largest absolute Gasteiger partial charge is 0.495 e. The van der Waals surface area contributed by atoms with Crippen molar-refractivity contribution in [2.75, 3.05) is 13.4 Å². The van der Waals surface area contributed by atoms with Gasteiger partial charge in [0.2, 0.25) is 0 Å². The molecule has 0 spiro atoms. The van der Waals surface area contributed by atoms with Crippen molar-refractivity contribution in [3.05, 3.63) is 23.5 Å². The van der Waals surface area contributed by atoms with Gasteiger partial charge in [0, 0.05) is 17.4 Å². The standard InChI is InChI=1S/C14H20FNO3S/c1-19-13-11(14(16)6-4-3-5-7-14)8-10(15)9-12(13)20(2,17)18/h8-9H,3-7,16H2,1-2H3. The molecular formula is C14H20FNO3S. The van der Waals surface area contributed by atoms with E-state index in [4.69, 9.17) is 10.5 Å². The highest BCUT2D eigenvalue weighted by Gasteiger charge is 2.35. The van der Waals surface area contributed by atoms with E-state index >= 15 is 0 Å². The van der Waals surface area contributed by atoms with Crippen molar-refractivity contribution in [2.24, 2.45) is 5.73 Å². The molecule has 0 atom stereocenters. The molecule has 20 heavy (non-hydrogen) atoms. The monoisotopic (exact) mass is 301 g/mol. The number of nitrogens with two attached hydrogens (primary N) is 1. The van der Waals surface area contributed by atoms with Crippen molar-refractivity contribution in [3.63, 3.8) is 0 Å². The number of methoxy groups -OCH3 is 1. The molecule has 6 heteroatoms. The topological polar surface area (TPSA) is 69.4 Å². The van der Waals surface area contributed by atoms with Gasteiger partial charge in [-0.1, -0.05) is 19.3 Å². The van der Waals surface area contributed by atoms with Crippen LogP contribution in [-0.2, 0) is 15.4 Å². The molecular weight excluding hydrogens is 281 g/mol. The number of rotatable bonds is 3. The predicted octanol–water partition coefficient (Wildman–Crippen LogP) is 2.36. The Kier molecular flexibility index (Phi) is 4.07. The Balaban J connectivity index is 2.66. The lowest BCUT2D eigenvalue weighted by atomic mass is 9.77. The van der Waals surface area contributed by atoms with Crippen molar-refractivity contribution in [3.8, 4) is 5.75 Å². The summed E-state index contributed by atoms with van der Waals surface area (Å²) in [4.78, 5) is -0.134. The molecule has 0 aliphatic heterocycles. The van der Waals surface area contributed by atoms with E-state index in [9.17, 15) is 12.8 Å². The van der Waals surface area contributed by atoms with Gasteiger partial charge in [-0.05, 0) is 25.0 Å². The van der Waals surface area contributed by atoms with Crippen LogP contribution in [0.1, 0.15) is 37.7 Å². The van der Waals surface area contributed by atoms with E-state index in [1.54, 1.807) is 0 Å². The molecule has 1 aromatic rings. The normalized spacial score (nSPS) is 18.8. The summed E-state index contributed by atoms with van der Waals surface area (Å²) in [6.07, 6.45) is 5.44. The van der Waals surface area contributed by atoms with Crippen LogP contribution in [0.5, 0.6) is 5.75 Å². The molecule has 112 valence electrons. The first-order chi connectivity index (χ1) is 9.28. The Bertz CT molecular complexity index is 607. The minimum atomic E-state index is -3.58. The molecule has 2 N–H and O–H groups in total. The van der Waals surface area contributed by atoms with Crippen LogP contribution in [0.3, 0.4) is 0 Å². The van der Waals surface area contributed by atoms with Crippen molar-refractivity contribution in [2.45, 2.75) is 42.5 Å². The zero-order chi connectivity index (χ0) is 15.0. The van der Waals surface area contributed by atoms with Crippen molar-refractivity contribution in [1.29, 1.82) is 0 Å². The molecule has 0 radical (unpaired) electrons. The number of sulfone groups is 1. The smallest absolute Gasteiger partial charge is 0.179 e. The number of halogens is 1. The highest BCUT2D eigenvalue weighted by Crippen LogP contribution is 2.42. The molecule has 0 amide bonds. The summed E-state index contributed by atoms with van der Waals surface area (Å²) in [6, 6.07) is 2.29. The zero-order valence-electron chi connectivity index (χ0n) is 11.8. The van der Waals surface area contributed by atoms with E-state index in [1.165, 1.54) is 13.2 Å². The molecule has 1 aliphatic rings. The van der Waals surface area contributed by atoms with E-state index in [2.05, 4.69) is 0 Å². The maximum absolute atomic E-state index is 13.8. The third-order valence-corrected chi connectivity index (χ3v) is 5.01. The van der Waals surface area contributed by atoms with Crippen molar-refractivity contribution < 1.29 is 17.5 Å². The minimum Gasteiger partial charge on any atom is -0.495 e. The average molecular weight is 301 g/mol. The number of hydrogen-bond acceptors (Lipinski definition) is 4. The molecule has 0 aromatic heterocycles. The van der Waals surface area contributed by atoms with E-state index < -0.39 is 21.2 Å². The Hall–Kier alpha value is -1.14. The quantitative estimate of drug-likeness (QED) is 0.930. The molecule has 1 saturated carbocycles. The van der Waals surface area contributed by atoms with Crippen molar-refractivity contribution in [1.82, 2.24) is 0 Å². The molecule has 2 rings (SSSR count). The van der Waals surface area contributed by atoms with E-state index in [-0.39, 0.29) is 10.6 Å². The van der Waals surface area contributed by atoms with Crippen LogP contribution in [0.2, 0.25) is 0 Å². The molecule has 1 aromatic carbocycles. The first kappa shape index (κ1) is 15.3. The second kappa shape index (κ2) is 5.33. The molecule has 1 fully saturated rings. The summed E-state index contributed by atoms with van der Waals surface area (Å²) in [5.41, 5.74) is 6.14. The third kappa shape index (κ3) is 2.81. The van der Waals surface area contributed by atoms with Gasteiger partial charge in [-0.15, -0.1) is 0 Å². The lowest BCUT2D eigenvalue weighted by molar-refractivity contribution is 0.285. The Morgan fingerprint density at radius 3 is 2.35 bits per heavy atom. The molecule has 0 unspecified atom stereocenters. The molecule has 4 nitrogen and oxygen atoms in total. The highest BCUT2D eigenvalue weighted by atomic mass is 32.2. The zero-order valence-corrected chi connectivity index (χ0v) is 12.6. The summed E-state index contributed by atoms with van der Waals surface area (Å²) in [7, 11) is -2.19. The fraction of sp³-hybridized carbons (Fsp3) is 0.571. The van der Waals surface area contributed by atoms with Gasteiger partial charge in [-0.25, -0.2) is 12.8 Å². The third-order valence-electron chi connectivity index (χ3n) is 3.91. The molecule has 0 heterocycles. The van der Waals surface area contributed by atoms with Crippen molar-refractivity contribution >= 4 is 9.84 Å². The number of hydrogen-bond donors (Lipinski definition) is 1. The van der Waals surface area contributed by atoms with Crippen LogP contribution >= 0.6 is 0 Å². The van der Waals surface area contributed by atoms with Crippen LogP contribution in [0, 0.1) is 5.82 Å². The van der Waals surface area contributed by atoms with E-state index in [0.29, 0.717) is 18.4 Å². The number of ether oxygens (including phenoxy) is 1. The van der Waals surface area contributed by atoms with Crippen LogP contribution < -0.4 is 10.5 Å². The summed E-state index contributed by atoms with van der Waals surface area (Å²) >= 11 is 0. The lowest BCUT2D eigenvalue weighted by Crippen LogP contribution is -2.39. The van der Waals surface area contributed by atoms with Crippen LogP contribution in [-0.4, -0.2) is 21.8 Å². The Morgan fingerprint density at radius 2 is 1.85 bits per heavy atom. The summed E-state index contributed by atoms with van der Waals surface area (Å²) in [5.74, 6) is -0.421. The Labute approximate surface area is 119 Å². The van der Waals surface area contributed by atoms with Gasteiger partial charge in [0.1, 0.15) is 16.5 Å². The van der Waals surface area contributed by atoms with Gasteiger partial charge in [-0.2, -0.15) is 0 Å². The average Bonchev–Trinajstić information content (AvgIpc) is 2.37. The maximum atomic E-state index is 13.8. The fourth-order valence-corrected chi connectivity index (χ4v) is 3.73. The highest BCUT2D eigenvalue weighted by molar-refractivity contribution is 7.90. The summed E-state index contributed by atoms with van der Waals surface area (Å²) in [5, 5.41) is 0. The number of benzene rings is 1. The first-order valence-corrected chi connectivity index (χ1v) is 8.54. The summed E-state index contributed by atoms with van der Waals surface area (Å²) in [6.45, 7) is 0. The van der Waals surface area contributed by atoms with Gasteiger partial charge in [0.25, 0.3) is 0 Å². The van der Waals surface area contributed by atoms with Gasteiger partial charge in [0.15, 0.2) is 9.84 Å². The SMILES string of the molecule is COc1c(C2(N)CCCCC2)cc(F)cc1S(C)(=O)=O. The predicted molar refractivity (Wildman–Crippen MR) is 75.0 cm³/mol. The first-order valence-electron chi connectivity index (χ1n) is 6.65. The maximum Gasteiger partial charge on any atom is 0.179 e. The van der Waals surface area contributed by atoms with E-state index in [1.807, 2.05) is 0 Å². The van der Waals surface area contributed by atoms with Gasteiger partial charge in [-0.3, -0.25) is 0 Å². The fourth-order valence-electron chi connectivity index (χ4n) is 2.88.